The minimum Gasteiger partial charge on any atom is -0.456 e. The van der Waals surface area contributed by atoms with E-state index >= 15 is 0 Å². The zero-order valence-electron chi connectivity index (χ0n) is 31.3. The molecule has 9 aromatic carbocycles. The Morgan fingerprint density at radius 1 is 0.328 bits per heavy atom. The summed E-state index contributed by atoms with van der Waals surface area (Å²) in [6, 6.07) is 73.3. The first-order valence-corrected chi connectivity index (χ1v) is 19.7. The molecular weight excluding hydrogens is 709 g/mol. The van der Waals surface area contributed by atoms with Gasteiger partial charge < -0.3 is 18.3 Å². The van der Waals surface area contributed by atoms with Crippen LogP contribution < -0.4 is 4.90 Å². The molecule has 4 heteroatoms. The predicted molar refractivity (Wildman–Crippen MR) is 241 cm³/mol. The van der Waals surface area contributed by atoms with Crippen molar-refractivity contribution in [1.29, 1.82) is 0 Å². The summed E-state index contributed by atoms with van der Waals surface area (Å²) in [5, 5.41) is 6.98. The minimum absolute atomic E-state index is 0.894. The Labute approximate surface area is 334 Å². The van der Waals surface area contributed by atoms with Gasteiger partial charge in [-0.25, -0.2) is 0 Å². The van der Waals surface area contributed by atoms with Crippen LogP contribution in [0.1, 0.15) is 0 Å². The zero-order chi connectivity index (χ0) is 38.2. The van der Waals surface area contributed by atoms with Gasteiger partial charge in [-0.05, 0) is 107 Å². The molecule has 0 aliphatic carbocycles. The van der Waals surface area contributed by atoms with Gasteiger partial charge in [-0.2, -0.15) is 0 Å². The highest BCUT2D eigenvalue weighted by Crippen LogP contribution is 2.42. The van der Waals surface area contributed by atoms with Crippen molar-refractivity contribution in [2.24, 2.45) is 0 Å². The molecule has 58 heavy (non-hydrogen) atoms. The quantitative estimate of drug-likeness (QED) is 0.170. The first-order valence-electron chi connectivity index (χ1n) is 19.7. The molecule has 0 N–H and O–H groups in total. The maximum Gasteiger partial charge on any atom is 0.136 e. The maximum atomic E-state index is 6.26. The fourth-order valence-corrected chi connectivity index (χ4v) is 8.91. The summed E-state index contributed by atoms with van der Waals surface area (Å²) in [4.78, 5) is 2.36. The van der Waals surface area contributed by atoms with Gasteiger partial charge in [0.2, 0.25) is 0 Å². The number of fused-ring (bicyclic) bond motifs is 9. The second-order valence-electron chi connectivity index (χ2n) is 14.9. The van der Waals surface area contributed by atoms with Crippen LogP contribution in [0.2, 0.25) is 0 Å². The molecular formula is C54H34N2O2. The molecule has 3 aromatic heterocycles. The van der Waals surface area contributed by atoms with Crippen molar-refractivity contribution in [3.63, 3.8) is 0 Å². The summed E-state index contributed by atoms with van der Waals surface area (Å²) >= 11 is 0. The van der Waals surface area contributed by atoms with Crippen molar-refractivity contribution in [2.45, 2.75) is 0 Å². The van der Waals surface area contributed by atoms with Crippen LogP contribution in [-0.2, 0) is 0 Å². The molecule has 0 aliphatic heterocycles. The first-order chi connectivity index (χ1) is 28.7. The van der Waals surface area contributed by atoms with E-state index in [-0.39, 0.29) is 0 Å². The number of rotatable bonds is 6. The second-order valence-corrected chi connectivity index (χ2v) is 14.9. The van der Waals surface area contributed by atoms with Crippen LogP contribution in [-0.4, -0.2) is 4.57 Å². The number of benzene rings is 9. The van der Waals surface area contributed by atoms with Crippen LogP contribution in [0.5, 0.6) is 0 Å². The van der Waals surface area contributed by atoms with Gasteiger partial charge in [0.1, 0.15) is 22.3 Å². The van der Waals surface area contributed by atoms with Crippen LogP contribution in [0, 0.1) is 0 Å². The lowest BCUT2D eigenvalue weighted by Crippen LogP contribution is -2.10. The average Bonchev–Trinajstić information content (AvgIpc) is 3.96. The Morgan fingerprint density at radius 3 is 1.67 bits per heavy atom. The third-order valence-electron chi connectivity index (χ3n) is 11.6. The molecule has 0 amide bonds. The van der Waals surface area contributed by atoms with E-state index in [9.17, 15) is 0 Å². The van der Waals surface area contributed by atoms with E-state index in [0.29, 0.717) is 0 Å². The van der Waals surface area contributed by atoms with E-state index in [1.54, 1.807) is 0 Å². The van der Waals surface area contributed by atoms with Crippen molar-refractivity contribution >= 4 is 82.7 Å². The van der Waals surface area contributed by atoms with Gasteiger partial charge >= 0.3 is 0 Å². The molecule has 12 aromatic rings. The Hall–Kier alpha value is -7.82. The van der Waals surface area contributed by atoms with Gasteiger partial charge in [0.05, 0.1) is 11.0 Å². The molecule has 0 aliphatic rings. The standard InChI is InChI=1S/C54H34N2O2/c1-2-11-38(12-3-1)56-48-17-7-4-13-43(48)44-32-30-41(34-49(44)56)55(39-26-21-35(22-27-39)37-25-31-46-45-14-5-8-18-50(45)58-53(46)33-37)40-28-23-36(24-29-40)42-16-10-20-52-54(42)47-15-6-9-19-51(47)57-52/h1-34H. The largest absolute Gasteiger partial charge is 0.456 e. The normalized spacial score (nSPS) is 11.8. The molecule has 12 rings (SSSR count). The molecule has 0 radical (unpaired) electrons. The van der Waals surface area contributed by atoms with E-state index in [2.05, 4.69) is 191 Å². The Balaban J connectivity index is 1.01. The molecule has 4 nitrogen and oxygen atoms in total. The predicted octanol–water partition coefficient (Wildman–Crippen LogP) is 15.4. The average molecular weight is 743 g/mol. The fourth-order valence-electron chi connectivity index (χ4n) is 8.91. The molecule has 3 heterocycles. The number of aromatic nitrogens is 1. The van der Waals surface area contributed by atoms with Gasteiger partial charge in [-0.1, -0.05) is 121 Å². The lowest BCUT2D eigenvalue weighted by atomic mass is 9.99. The van der Waals surface area contributed by atoms with Crippen molar-refractivity contribution in [2.75, 3.05) is 4.90 Å². The summed E-state index contributed by atoms with van der Waals surface area (Å²) in [6.07, 6.45) is 0. The van der Waals surface area contributed by atoms with Crippen LogP contribution in [0.3, 0.4) is 0 Å². The van der Waals surface area contributed by atoms with E-state index in [1.165, 1.54) is 16.3 Å². The molecule has 0 unspecified atom stereocenters. The van der Waals surface area contributed by atoms with Crippen LogP contribution in [0.4, 0.5) is 17.1 Å². The number of nitrogens with zero attached hydrogens (tertiary/aromatic N) is 2. The van der Waals surface area contributed by atoms with Gasteiger partial charge in [0.25, 0.3) is 0 Å². The highest BCUT2D eigenvalue weighted by Gasteiger charge is 2.19. The maximum absolute atomic E-state index is 6.26. The van der Waals surface area contributed by atoms with E-state index in [1.807, 2.05) is 24.3 Å². The van der Waals surface area contributed by atoms with Crippen LogP contribution in [0.15, 0.2) is 215 Å². The monoisotopic (exact) mass is 742 g/mol. The molecule has 0 saturated heterocycles. The Morgan fingerprint density at radius 2 is 0.879 bits per heavy atom. The highest BCUT2D eigenvalue weighted by atomic mass is 16.3. The van der Waals surface area contributed by atoms with Gasteiger partial charge in [0.15, 0.2) is 0 Å². The van der Waals surface area contributed by atoms with Crippen molar-refractivity contribution < 1.29 is 8.83 Å². The van der Waals surface area contributed by atoms with E-state index in [0.717, 1.165) is 94.4 Å². The summed E-state index contributed by atoms with van der Waals surface area (Å²) in [5.41, 5.74) is 14.8. The molecule has 0 bridgehead atoms. The smallest absolute Gasteiger partial charge is 0.136 e. The third kappa shape index (κ3) is 5.09. The highest BCUT2D eigenvalue weighted by molar-refractivity contribution is 6.13. The summed E-state index contributed by atoms with van der Waals surface area (Å²) < 4.78 is 14.9. The van der Waals surface area contributed by atoms with Gasteiger partial charge in [-0.3, -0.25) is 0 Å². The van der Waals surface area contributed by atoms with Crippen molar-refractivity contribution in [3.05, 3.63) is 206 Å². The Bertz CT molecular complexity index is 3500. The summed E-state index contributed by atoms with van der Waals surface area (Å²) in [5.74, 6) is 0. The number of furan rings is 2. The molecule has 0 spiro atoms. The van der Waals surface area contributed by atoms with Crippen molar-refractivity contribution in [3.8, 4) is 27.9 Å². The summed E-state index contributed by atoms with van der Waals surface area (Å²) in [6.45, 7) is 0. The number of para-hydroxylation sites is 4. The summed E-state index contributed by atoms with van der Waals surface area (Å²) in [7, 11) is 0. The lowest BCUT2D eigenvalue weighted by molar-refractivity contribution is 0.668. The number of hydrogen-bond acceptors (Lipinski definition) is 3. The SMILES string of the molecule is c1ccc(-n2c3ccccc3c3ccc(N(c4ccc(-c5ccc6c(c5)oc5ccccc56)cc4)c4ccc(-c5cccc6oc7ccccc7c56)cc4)cc32)cc1. The molecule has 0 atom stereocenters. The fraction of sp³-hybridized carbons (Fsp3) is 0. The number of hydrogen-bond donors (Lipinski definition) is 0. The number of anilines is 3. The molecule has 0 saturated carbocycles. The Kier molecular flexibility index (Phi) is 7.20. The van der Waals surface area contributed by atoms with Gasteiger partial charge in [-0.15, -0.1) is 0 Å². The van der Waals surface area contributed by atoms with E-state index in [4.69, 9.17) is 8.83 Å². The van der Waals surface area contributed by atoms with Crippen LogP contribution in [0.25, 0.3) is 93.6 Å². The molecule has 272 valence electrons. The first kappa shape index (κ1) is 32.4. The van der Waals surface area contributed by atoms with Gasteiger partial charge in [0, 0.05) is 55.1 Å². The zero-order valence-corrected chi connectivity index (χ0v) is 31.3. The topological polar surface area (TPSA) is 34.5 Å². The third-order valence-corrected chi connectivity index (χ3v) is 11.6. The second kappa shape index (κ2) is 12.9. The van der Waals surface area contributed by atoms with Crippen molar-refractivity contribution in [1.82, 2.24) is 4.57 Å². The van der Waals surface area contributed by atoms with Crippen LogP contribution >= 0.6 is 0 Å². The lowest BCUT2D eigenvalue weighted by Gasteiger charge is -2.26. The van der Waals surface area contributed by atoms with E-state index < -0.39 is 0 Å². The molecule has 0 fully saturated rings. The minimum atomic E-state index is 0.894.